The van der Waals surface area contributed by atoms with Crippen molar-refractivity contribution in [3.05, 3.63) is 12.2 Å². The number of fused-ring (bicyclic) bond motifs is 1. The highest BCUT2D eigenvalue weighted by Gasteiger charge is 2.79. The Morgan fingerprint density at radius 2 is 1.81 bits per heavy atom. The molecule has 1 aliphatic heterocycles. The van der Waals surface area contributed by atoms with Gasteiger partial charge in [-0.15, -0.1) is 0 Å². The fraction of sp³-hybridized carbons (Fsp3) is 0.850. The summed E-state index contributed by atoms with van der Waals surface area (Å²) in [4.78, 5) is 13.3. The van der Waals surface area contributed by atoms with E-state index in [0.29, 0.717) is 31.4 Å². The van der Waals surface area contributed by atoms with Gasteiger partial charge in [0.05, 0.1) is 35.7 Å². The molecule has 4 bridgehead atoms. The van der Waals surface area contributed by atoms with Gasteiger partial charge in [-0.25, -0.2) is 0 Å². The normalized spacial score (nSPS) is 61.2. The van der Waals surface area contributed by atoms with Crippen molar-refractivity contribution in [2.45, 2.75) is 63.6 Å². The van der Waals surface area contributed by atoms with E-state index in [0.717, 1.165) is 6.42 Å². The molecule has 1 saturated heterocycles. The van der Waals surface area contributed by atoms with Gasteiger partial charge in [0.2, 0.25) is 0 Å². The standard InChI is InChI=1S/C20H28O6/c1-9-10-3-4-11-19-12(7-14(22)20(11,15(9)23)16(10)24)18(2,6-5-13(19)21)8-26-17(19)25/h10-14,16-17,21-22,24-25H,1,3-8H2,2H3/t10-,11-,12+,13-,14+,16?,17?,18-,19+,20-/m0/s1. The minimum atomic E-state index is -1.38. The molecule has 1 spiro atoms. The first kappa shape index (κ1) is 17.3. The number of hydrogen-bond acceptors (Lipinski definition) is 6. The van der Waals surface area contributed by atoms with Crippen LogP contribution in [0.2, 0.25) is 0 Å². The topological polar surface area (TPSA) is 107 Å². The van der Waals surface area contributed by atoms with E-state index in [2.05, 4.69) is 13.5 Å². The van der Waals surface area contributed by atoms with Crippen molar-refractivity contribution in [1.29, 1.82) is 0 Å². The molecule has 5 rings (SSSR count). The third-order valence-corrected chi connectivity index (χ3v) is 8.97. The first-order valence-corrected chi connectivity index (χ1v) is 9.79. The van der Waals surface area contributed by atoms with Crippen LogP contribution in [0.4, 0.5) is 0 Å². The molecular formula is C20H28O6. The quantitative estimate of drug-likeness (QED) is 0.463. The molecule has 6 heteroatoms. The molecule has 6 nitrogen and oxygen atoms in total. The predicted octanol–water partition coefficient (Wildman–Crippen LogP) is 0.376. The first-order chi connectivity index (χ1) is 12.2. The summed E-state index contributed by atoms with van der Waals surface area (Å²) in [5.74, 6) is -1.30. The number of Topliss-reactive ketones (excluding diaryl/α,β-unsaturated/α-hetero) is 1. The molecule has 144 valence electrons. The minimum absolute atomic E-state index is 0.154. The van der Waals surface area contributed by atoms with Crippen molar-refractivity contribution in [3.63, 3.8) is 0 Å². The monoisotopic (exact) mass is 364 g/mol. The maximum absolute atomic E-state index is 13.3. The summed E-state index contributed by atoms with van der Waals surface area (Å²) in [5, 5.41) is 44.4. The zero-order chi connectivity index (χ0) is 18.6. The van der Waals surface area contributed by atoms with Gasteiger partial charge in [0.15, 0.2) is 12.1 Å². The van der Waals surface area contributed by atoms with Crippen LogP contribution in [0.5, 0.6) is 0 Å². The second kappa shape index (κ2) is 4.97. The van der Waals surface area contributed by atoms with Gasteiger partial charge >= 0.3 is 0 Å². The second-order valence-electron chi connectivity index (χ2n) is 9.64. The van der Waals surface area contributed by atoms with E-state index in [9.17, 15) is 25.2 Å². The molecule has 4 N–H and O–H groups in total. The lowest BCUT2D eigenvalue weighted by atomic mass is 9.37. The number of hydrogen-bond donors (Lipinski definition) is 4. The number of aliphatic hydroxyl groups excluding tert-OH is 4. The smallest absolute Gasteiger partial charge is 0.170 e. The third kappa shape index (κ3) is 1.54. The first-order valence-electron chi connectivity index (χ1n) is 9.79. The molecule has 0 aromatic carbocycles. The molecule has 4 saturated carbocycles. The van der Waals surface area contributed by atoms with E-state index in [4.69, 9.17) is 4.74 Å². The van der Waals surface area contributed by atoms with Crippen molar-refractivity contribution in [1.82, 2.24) is 0 Å². The number of carbonyl (C=O) groups excluding carboxylic acids is 1. The molecule has 1 heterocycles. The number of ketones is 1. The van der Waals surface area contributed by atoms with Crippen LogP contribution in [-0.4, -0.2) is 57.4 Å². The summed E-state index contributed by atoms with van der Waals surface area (Å²) in [7, 11) is 0. The Balaban J connectivity index is 1.76. The lowest BCUT2D eigenvalue weighted by Gasteiger charge is -2.70. The maximum Gasteiger partial charge on any atom is 0.170 e. The van der Waals surface area contributed by atoms with Crippen molar-refractivity contribution < 1.29 is 30.0 Å². The van der Waals surface area contributed by atoms with Gasteiger partial charge in [-0.2, -0.15) is 0 Å². The van der Waals surface area contributed by atoms with Crippen molar-refractivity contribution >= 4 is 5.78 Å². The van der Waals surface area contributed by atoms with Crippen LogP contribution in [0.25, 0.3) is 0 Å². The fourth-order valence-corrected chi connectivity index (χ4v) is 7.83. The highest BCUT2D eigenvalue weighted by molar-refractivity contribution is 6.04. The number of rotatable bonds is 0. The van der Waals surface area contributed by atoms with Crippen molar-refractivity contribution in [3.8, 4) is 0 Å². The van der Waals surface area contributed by atoms with Crippen LogP contribution in [0, 0.1) is 34.0 Å². The summed E-state index contributed by atoms with van der Waals surface area (Å²) in [6, 6.07) is 0. The molecule has 10 atom stereocenters. The molecule has 4 aliphatic carbocycles. The predicted molar refractivity (Wildman–Crippen MR) is 90.7 cm³/mol. The Morgan fingerprint density at radius 1 is 1.08 bits per heavy atom. The van der Waals surface area contributed by atoms with Crippen LogP contribution in [0.3, 0.4) is 0 Å². The highest BCUT2D eigenvalue weighted by Crippen LogP contribution is 2.73. The summed E-state index contributed by atoms with van der Waals surface area (Å²) in [6.07, 6.45) is -1.32. The summed E-state index contributed by atoms with van der Waals surface area (Å²) < 4.78 is 5.76. The Morgan fingerprint density at radius 3 is 2.54 bits per heavy atom. The molecule has 5 fully saturated rings. The molecule has 26 heavy (non-hydrogen) atoms. The highest BCUT2D eigenvalue weighted by atomic mass is 16.6. The summed E-state index contributed by atoms with van der Waals surface area (Å²) in [5.41, 5.74) is -2.29. The van der Waals surface area contributed by atoms with E-state index in [1.165, 1.54) is 0 Å². The lowest BCUT2D eigenvalue weighted by Crippen LogP contribution is -2.76. The van der Waals surface area contributed by atoms with Gasteiger partial charge in [-0.05, 0) is 54.9 Å². The lowest BCUT2D eigenvalue weighted by molar-refractivity contribution is -0.369. The maximum atomic E-state index is 13.3. The molecule has 0 aromatic heterocycles. The van der Waals surface area contributed by atoms with E-state index in [1.807, 2.05) is 0 Å². The van der Waals surface area contributed by atoms with Crippen LogP contribution < -0.4 is 0 Å². The molecule has 0 radical (unpaired) electrons. The van der Waals surface area contributed by atoms with E-state index >= 15 is 0 Å². The van der Waals surface area contributed by atoms with Gasteiger partial charge in [-0.1, -0.05) is 13.5 Å². The van der Waals surface area contributed by atoms with Crippen LogP contribution in [0.15, 0.2) is 12.2 Å². The van der Waals surface area contributed by atoms with Crippen molar-refractivity contribution in [2.24, 2.45) is 34.0 Å². The zero-order valence-electron chi connectivity index (χ0n) is 15.1. The minimum Gasteiger partial charge on any atom is -0.392 e. The molecule has 2 unspecified atom stereocenters. The number of aliphatic hydroxyl groups is 4. The fourth-order valence-electron chi connectivity index (χ4n) is 7.83. The molecule has 5 aliphatic rings. The average molecular weight is 364 g/mol. The SMILES string of the molecule is C=C1C(=O)[C@]23C(O)[C@H]1CC[C@H]2[C@]12C(O)OC[C@](C)(CC[C@@H]1O)[C@H]2C[C@H]3O. The van der Waals surface area contributed by atoms with E-state index in [-0.39, 0.29) is 29.5 Å². The third-order valence-electron chi connectivity index (χ3n) is 8.97. The second-order valence-corrected chi connectivity index (χ2v) is 9.64. The molecule has 0 aromatic rings. The van der Waals surface area contributed by atoms with Crippen LogP contribution >= 0.6 is 0 Å². The Kier molecular flexibility index (Phi) is 3.31. The van der Waals surface area contributed by atoms with Gasteiger partial charge in [0.25, 0.3) is 0 Å². The Hall–Kier alpha value is -0.790. The largest absolute Gasteiger partial charge is 0.392 e. The van der Waals surface area contributed by atoms with E-state index < -0.39 is 41.3 Å². The average Bonchev–Trinajstić information content (AvgIpc) is 2.71. The zero-order valence-corrected chi connectivity index (χ0v) is 15.1. The summed E-state index contributed by atoms with van der Waals surface area (Å²) >= 11 is 0. The number of carbonyl (C=O) groups is 1. The summed E-state index contributed by atoms with van der Waals surface area (Å²) in [6.45, 7) is 6.38. The van der Waals surface area contributed by atoms with Crippen molar-refractivity contribution in [2.75, 3.05) is 6.61 Å². The Labute approximate surface area is 152 Å². The Bertz CT molecular complexity index is 674. The van der Waals surface area contributed by atoms with Gasteiger partial charge in [-0.3, -0.25) is 4.79 Å². The van der Waals surface area contributed by atoms with Gasteiger partial charge in [0.1, 0.15) is 0 Å². The van der Waals surface area contributed by atoms with Crippen LogP contribution in [0.1, 0.15) is 39.0 Å². The molecular weight excluding hydrogens is 336 g/mol. The molecule has 0 amide bonds. The van der Waals surface area contributed by atoms with Gasteiger partial charge < -0.3 is 25.2 Å². The number of ether oxygens (including phenoxy) is 1. The van der Waals surface area contributed by atoms with Gasteiger partial charge in [0, 0.05) is 5.92 Å². The van der Waals surface area contributed by atoms with Crippen LogP contribution in [-0.2, 0) is 9.53 Å². The van der Waals surface area contributed by atoms with E-state index in [1.54, 1.807) is 0 Å².